The van der Waals surface area contributed by atoms with Crippen LogP contribution >= 0.6 is 11.6 Å². The van der Waals surface area contributed by atoms with Crippen molar-refractivity contribution in [1.29, 1.82) is 0 Å². The maximum Gasteiger partial charge on any atom is 0.122 e. The highest BCUT2D eigenvalue weighted by molar-refractivity contribution is 6.30. The summed E-state index contributed by atoms with van der Waals surface area (Å²) in [5, 5.41) is 0.761. The molecule has 0 radical (unpaired) electrons. The number of benzene rings is 1. The molecule has 1 unspecified atom stereocenters. The number of hydrogen-bond acceptors (Lipinski definition) is 3. The van der Waals surface area contributed by atoms with Crippen LogP contribution in [0.1, 0.15) is 24.4 Å². The minimum Gasteiger partial charge on any atom is -0.371 e. The molecule has 0 bridgehead atoms. The Bertz CT molecular complexity index is 581. The third-order valence-electron chi connectivity index (χ3n) is 3.90. The van der Waals surface area contributed by atoms with Crippen LogP contribution in [0.2, 0.25) is 5.02 Å². The maximum absolute atomic E-state index is 5.95. The van der Waals surface area contributed by atoms with Gasteiger partial charge in [0, 0.05) is 37.1 Å². The zero-order valence-corrected chi connectivity index (χ0v) is 13.0. The summed E-state index contributed by atoms with van der Waals surface area (Å²) in [5.74, 6) is 1.12. The van der Waals surface area contributed by atoms with Crippen LogP contribution in [0.5, 0.6) is 0 Å². The Morgan fingerprint density at radius 3 is 2.90 bits per heavy atom. The van der Waals surface area contributed by atoms with E-state index in [2.05, 4.69) is 21.4 Å². The molecule has 1 fully saturated rings. The molecular weight excluding hydrogens is 286 g/mol. The first kappa shape index (κ1) is 14.6. The van der Waals surface area contributed by atoms with Crippen LogP contribution in [0.15, 0.2) is 36.7 Å². The fourth-order valence-corrected chi connectivity index (χ4v) is 2.83. The van der Waals surface area contributed by atoms with E-state index < -0.39 is 0 Å². The fraction of sp³-hybridized carbons (Fsp3) is 0.438. The van der Waals surface area contributed by atoms with E-state index in [1.165, 1.54) is 5.56 Å². The van der Waals surface area contributed by atoms with E-state index in [-0.39, 0.29) is 6.10 Å². The van der Waals surface area contributed by atoms with Crippen molar-refractivity contribution >= 4 is 11.6 Å². The van der Waals surface area contributed by atoms with Crippen LogP contribution in [0.4, 0.5) is 0 Å². The van der Waals surface area contributed by atoms with E-state index in [0.29, 0.717) is 0 Å². The third kappa shape index (κ3) is 3.46. The molecule has 1 aromatic heterocycles. The first-order valence-electron chi connectivity index (χ1n) is 7.35. The molecule has 2 aromatic rings. The van der Waals surface area contributed by atoms with Crippen molar-refractivity contribution in [2.45, 2.75) is 26.1 Å². The lowest BCUT2D eigenvalue weighted by Crippen LogP contribution is -2.38. The minimum atomic E-state index is 0.112. The van der Waals surface area contributed by atoms with Crippen LogP contribution in [-0.2, 0) is 17.8 Å². The number of rotatable bonds is 4. The molecule has 0 amide bonds. The lowest BCUT2D eigenvalue weighted by Gasteiger charge is -2.33. The SMILES string of the molecule is CCn1ccnc1CN1CCOC(c2ccc(Cl)cc2)C1. The summed E-state index contributed by atoms with van der Waals surface area (Å²) in [7, 11) is 0. The number of nitrogens with zero attached hydrogens (tertiary/aromatic N) is 3. The van der Waals surface area contributed by atoms with Gasteiger partial charge in [-0.3, -0.25) is 4.90 Å². The molecule has 1 aliphatic heterocycles. The predicted molar refractivity (Wildman–Crippen MR) is 83.3 cm³/mol. The van der Waals surface area contributed by atoms with E-state index in [0.717, 1.165) is 43.6 Å². The van der Waals surface area contributed by atoms with E-state index in [1.54, 1.807) is 0 Å². The van der Waals surface area contributed by atoms with Gasteiger partial charge in [-0.15, -0.1) is 0 Å². The van der Waals surface area contributed by atoms with Crippen molar-refractivity contribution in [3.63, 3.8) is 0 Å². The molecule has 5 heteroatoms. The lowest BCUT2D eigenvalue weighted by atomic mass is 10.1. The zero-order valence-electron chi connectivity index (χ0n) is 12.2. The molecule has 1 aromatic carbocycles. The van der Waals surface area contributed by atoms with Gasteiger partial charge >= 0.3 is 0 Å². The number of imidazole rings is 1. The van der Waals surface area contributed by atoms with Gasteiger partial charge in [-0.05, 0) is 24.6 Å². The summed E-state index contributed by atoms with van der Waals surface area (Å²) in [5.41, 5.74) is 1.18. The minimum absolute atomic E-state index is 0.112. The molecule has 1 atom stereocenters. The highest BCUT2D eigenvalue weighted by Gasteiger charge is 2.22. The second kappa shape index (κ2) is 6.60. The number of aromatic nitrogens is 2. The molecule has 1 saturated heterocycles. The van der Waals surface area contributed by atoms with Gasteiger partial charge in [-0.2, -0.15) is 0 Å². The Morgan fingerprint density at radius 2 is 2.14 bits per heavy atom. The van der Waals surface area contributed by atoms with Crippen LogP contribution in [0, 0.1) is 0 Å². The Labute approximate surface area is 130 Å². The molecular formula is C16H20ClN3O. The molecule has 3 rings (SSSR count). The first-order chi connectivity index (χ1) is 10.3. The molecule has 0 spiro atoms. The zero-order chi connectivity index (χ0) is 14.7. The summed E-state index contributed by atoms with van der Waals surface area (Å²) < 4.78 is 8.09. The lowest BCUT2D eigenvalue weighted by molar-refractivity contribution is -0.0339. The van der Waals surface area contributed by atoms with Crippen LogP contribution in [0.25, 0.3) is 0 Å². The molecule has 21 heavy (non-hydrogen) atoms. The fourth-order valence-electron chi connectivity index (χ4n) is 2.70. The van der Waals surface area contributed by atoms with Gasteiger partial charge < -0.3 is 9.30 Å². The highest BCUT2D eigenvalue weighted by atomic mass is 35.5. The second-order valence-corrected chi connectivity index (χ2v) is 5.71. The maximum atomic E-state index is 5.95. The van der Waals surface area contributed by atoms with Crippen molar-refractivity contribution < 1.29 is 4.74 Å². The highest BCUT2D eigenvalue weighted by Crippen LogP contribution is 2.24. The van der Waals surface area contributed by atoms with E-state index >= 15 is 0 Å². The van der Waals surface area contributed by atoms with Crippen molar-refractivity contribution in [2.75, 3.05) is 19.7 Å². The molecule has 2 heterocycles. The standard InChI is InChI=1S/C16H20ClN3O/c1-2-20-8-7-18-16(20)12-19-9-10-21-15(11-19)13-3-5-14(17)6-4-13/h3-8,15H,2,9-12H2,1H3. The second-order valence-electron chi connectivity index (χ2n) is 5.28. The molecule has 0 saturated carbocycles. The summed E-state index contributed by atoms with van der Waals surface area (Å²) in [4.78, 5) is 6.85. The first-order valence-corrected chi connectivity index (χ1v) is 7.73. The van der Waals surface area contributed by atoms with Gasteiger partial charge in [-0.1, -0.05) is 23.7 Å². The Morgan fingerprint density at radius 1 is 1.33 bits per heavy atom. The number of halogens is 1. The van der Waals surface area contributed by atoms with Crippen LogP contribution in [-0.4, -0.2) is 34.1 Å². The van der Waals surface area contributed by atoms with Crippen molar-refractivity contribution in [3.8, 4) is 0 Å². The quantitative estimate of drug-likeness (QED) is 0.869. The van der Waals surface area contributed by atoms with Gasteiger partial charge in [0.25, 0.3) is 0 Å². The molecule has 4 nitrogen and oxygen atoms in total. The topological polar surface area (TPSA) is 30.3 Å². The van der Waals surface area contributed by atoms with E-state index in [9.17, 15) is 0 Å². The third-order valence-corrected chi connectivity index (χ3v) is 4.15. The number of morpholine rings is 1. The van der Waals surface area contributed by atoms with Crippen LogP contribution in [0.3, 0.4) is 0 Å². The molecule has 0 aliphatic carbocycles. The average Bonchev–Trinajstić information content (AvgIpc) is 2.95. The Balaban J connectivity index is 1.67. The summed E-state index contributed by atoms with van der Waals surface area (Å²) in [6.45, 7) is 6.55. The van der Waals surface area contributed by atoms with Gasteiger partial charge in [0.1, 0.15) is 5.82 Å². The normalized spacial score (nSPS) is 19.8. The number of aryl methyl sites for hydroxylation is 1. The van der Waals surface area contributed by atoms with Crippen molar-refractivity contribution in [2.24, 2.45) is 0 Å². The monoisotopic (exact) mass is 305 g/mol. The smallest absolute Gasteiger partial charge is 0.122 e. The van der Waals surface area contributed by atoms with Crippen molar-refractivity contribution in [1.82, 2.24) is 14.5 Å². The predicted octanol–water partition coefficient (Wildman–Crippen LogP) is 3.13. The van der Waals surface area contributed by atoms with E-state index in [1.807, 2.05) is 36.7 Å². The molecule has 1 aliphatic rings. The van der Waals surface area contributed by atoms with E-state index in [4.69, 9.17) is 16.3 Å². The van der Waals surface area contributed by atoms with Crippen LogP contribution < -0.4 is 0 Å². The summed E-state index contributed by atoms with van der Waals surface area (Å²) in [6, 6.07) is 7.93. The number of ether oxygens (including phenoxy) is 1. The largest absolute Gasteiger partial charge is 0.371 e. The Kier molecular flexibility index (Phi) is 4.58. The van der Waals surface area contributed by atoms with Crippen molar-refractivity contribution in [3.05, 3.63) is 53.1 Å². The summed E-state index contributed by atoms with van der Waals surface area (Å²) >= 11 is 5.95. The van der Waals surface area contributed by atoms with Gasteiger partial charge in [0.15, 0.2) is 0 Å². The van der Waals surface area contributed by atoms with Gasteiger partial charge in [0.05, 0.1) is 19.3 Å². The van der Waals surface area contributed by atoms with Gasteiger partial charge in [0.2, 0.25) is 0 Å². The van der Waals surface area contributed by atoms with Gasteiger partial charge in [-0.25, -0.2) is 4.98 Å². The Hall–Kier alpha value is -1.36. The molecule has 0 N–H and O–H groups in total. The number of hydrogen-bond donors (Lipinski definition) is 0. The molecule has 112 valence electrons. The average molecular weight is 306 g/mol. The summed E-state index contributed by atoms with van der Waals surface area (Å²) in [6.07, 6.45) is 4.02.